The van der Waals surface area contributed by atoms with Gasteiger partial charge in [0.15, 0.2) is 11.4 Å². The molecule has 0 saturated heterocycles. The van der Waals surface area contributed by atoms with Crippen molar-refractivity contribution in [3.63, 3.8) is 0 Å². The Morgan fingerprint density at radius 2 is 1.50 bits per heavy atom. The van der Waals surface area contributed by atoms with E-state index in [1.807, 2.05) is 0 Å². The lowest BCUT2D eigenvalue weighted by Gasteiger charge is -2.59. The summed E-state index contributed by atoms with van der Waals surface area (Å²) in [6, 6.07) is 0. The van der Waals surface area contributed by atoms with Crippen molar-refractivity contribution in [1.82, 2.24) is 0 Å². The summed E-state index contributed by atoms with van der Waals surface area (Å²) >= 11 is 0. The van der Waals surface area contributed by atoms with Gasteiger partial charge >= 0.3 is 5.97 Å². The summed E-state index contributed by atoms with van der Waals surface area (Å²) < 4.78 is 5.86. The largest absolute Gasteiger partial charge is 0.451 e. The topological polar surface area (TPSA) is 43.4 Å². The first-order valence-electron chi connectivity index (χ1n) is 10.9. The van der Waals surface area contributed by atoms with Gasteiger partial charge in [-0.2, -0.15) is 0 Å². The Labute approximate surface area is 157 Å². The standard InChI is InChI=1S/C23H34O3/c1-14(24)23(26-15(2)25)12-8-19-17-6-11-22-13-16(22)5-9-20(22,3)18(17)7-10-21(19,23)4/h16-19H,5-13H2,1-4H3. The molecule has 0 aromatic rings. The van der Waals surface area contributed by atoms with E-state index in [0.717, 1.165) is 37.0 Å². The van der Waals surface area contributed by atoms with E-state index >= 15 is 0 Å². The summed E-state index contributed by atoms with van der Waals surface area (Å²) in [6.07, 6.45) is 11.2. The van der Waals surface area contributed by atoms with Gasteiger partial charge in [-0.25, -0.2) is 0 Å². The number of ether oxygens (including phenoxy) is 1. The van der Waals surface area contributed by atoms with Gasteiger partial charge in [-0.3, -0.25) is 9.59 Å². The molecule has 0 N–H and O–H groups in total. The van der Waals surface area contributed by atoms with Gasteiger partial charge in [0.1, 0.15) is 0 Å². The van der Waals surface area contributed by atoms with E-state index in [4.69, 9.17) is 4.74 Å². The van der Waals surface area contributed by atoms with Gasteiger partial charge in [0.2, 0.25) is 0 Å². The van der Waals surface area contributed by atoms with Gasteiger partial charge in [0.25, 0.3) is 0 Å². The van der Waals surface area contributed by atoms with E-state index in [0.29, 0.717) is 16.7 Å². The number of esters is 1. The molecular weight excluding hydrogens is 324 g/mol. The van der Waals surface area contributed by atoms with Crippen LogP contribution >= 0.6 is 0 Å². The van der Waals surface area contributed by atoms with Crippen molar-refractivity contribution in [2.45, 2.75) is 91.1 Å². The van der Waals surface area contributed by atoms with Gasteiger partial charge in [0, 0.05) is 12.3 Å². The minimum atomic E-state index is -0.873. The Balaban J connectivity index is 1.51. The van der Waals surface area contributed by atoms with Crippen LogP contribution in [-0.4, -0.2) is 17.4 Å². The second-order valence-electron chi connectivity index (χ2n) is 10.9. The normalized spacial score (nSPS) is 56.8. The molecule has 5 aliphatic carbocycles. The molecule has 8 atom stereocenters. The summed E-state index contributed by atoms with van der Waals surface area (Å²) in [5.41, 5.74) is 0.162. The van der Waals surface area contributed by atoms with Crippen molar-refractivity contribution in [2.75, 3.05) is 0 Å². The highest BCUT2D eigenvalue weighted by Gasteiger charge is 2.75. The zero-order valence-electron chi connectivity index (χ0n) is 16.9. The predicted octanol–water partition coefficient (Wildman–Crippen LogP) is 4.92. The van der Waals surface area contributed by atoms with Crippen LogP contribution in [0.1, 0.15) is 85.5 Å². The summed E-state index contributed by atoms with van der Waals surface area (Å²) in [5, 5.41) is 0. The third-order valence-electron chi connectivity index (χ3n) is 10.6. The number of rotatable bonds is 2. The second kappa shape index (κ2) is 4.94. The molecular formula is C23H34O3. The summed E-state index contributed by atoms with van der Waals surface area (Å²) in [6.45, 7) is 7.99. The van der Waals surface area contributed by atoms with Gasteiger partial charge in [-0.05, 0) is 99.2 Å². The molecule has 0 radical (unpaired) electrons. The van der Waals surface area contributed by atoms with E-state index in [9.17, 15) is 9.59 Å². The Morgan fingerprint density at radius 3 is 2.15 bits per heavy atom. The van der Waals surface area contributed by atoms with Crippen molar-refractivity contribution >= 4 is 11.8 Å². The van der Waals surface area contributed by atoms with Crippen molar-refractivity contribution < 1.29 is 14.3 Å². The molecule has 5 saturated carbocycles. The SMILES string of the molecule is CC(=O)OC1(C(C)=O)CCC2C3CCC45CC4CCC5(C)C3CCC21C. The number of ketones is 1. The number of hydrogen-bond donors (Lipinski definition) is 0. The van der Waals surface area contributed by atoms with Crippen LogP contribution in [0, 0.1) is 39.9 Å². The lowest BCUT2D eigenvalue weighted by atomic mass is 9.45. The van der Waals surface area contributed by atoms with Crippen molar-refractivity contribution in [1.29, 1.82) is 0 Å². The van der Waals surface area contributed by atoms with E-state index in [1.165, 1.54) is 45.4 Å². The molecule has 8 unspecified atom stereocenters. The van der Waals surface area contributed by atoms with Crippen molar-refractivity contribution in [3.8, 4) is 0 Å². The van der Waals surface area contributed by atoms with Crippen LogP contribution in [0.25, 0.3) is 0 Å². The number of carbonyl (C=O) groups is 2. The highest BCUT2D eigenvalue weighted by atomic mass is 16.6. The second-order valence-corrected chi connectivity index (χ2v) is 10.9. The molecule has 0 aromatic heterocycles. The molecule has 5 fully saturated rings. The fourth-order valence-electron chi connectivity index (χ4n) is 9.29. The van der Waals surface area contributed by atoms with Crippen LogP contribution in [-0.2, 0) is 14.3 Å². The fraction of sp³-hybridized carbons (Fsp3) is 0.913. The summed E-state index contributed by atoms with van der Waals surface area (Å²) in [7, 11) is 0. The highest BCUT2D eigenvalue weighted by Crippen LogP contribution is 2.82. The molecule has 3 nitrogen and oxygen atoms in total. The monoisotopic (exact) mass is 358 g/mol. The van der Waals surface area contributed by atoms with Crippen LogP contribution < -0.4 is 0 Å². The molecule has 144 valence electrons. The Kier molecular flexibility index (Phi) is 3.28. The lowest BCUT2D eigenvalue weighted by Crippen LogP contribution is -2.59. The quantitative estimate of drug-likeness (QED) is 0.658. The molecule has 0 bridgehead atoms. The molecule has 0 aromatic carbocycles. The molecule has 5 aliphatic rings. The van der Waals surface area contributed by atoms with Gasteiger partial charge in [-0.1, -0.05) is 13.8 Å². The number of hydrogen-bond acceptors (Lipinski definition) is 3. The molecule has 0 amide bonds. The van der Waals surface area contributed by atoms with Crippen LogP contribution in [0.15, 0.2) is 0 Å². The van der Waals surface area contributed by atoms with Gasteiger partial charge in [-0.15, -0.1) is 0 Å². The lowest BCUT2D eigenvalue weighted by molar-refractivity contribution is -0.190. The summed E-state index contributed by atoms with van der Waals surface area (Å²) in [4.78, 5) is 24.6. The maximum absolute atomic E-state index is 12.7. The first-order valence-corrected chi connectivity index (χ1v) is 10.9. The zero-order valence-corrected chi connectivity index (χ0v) is 16.9. The first-order chi connectivity index (χ1) is 12.2. The number of Topliss-reactive ketones (excluding diaryl/α,β-unsaturated/α-hetero) is 1. The number of fused-ring (bicyclic) bond motifs is 4. The van der Waals surface area contributed by atoms with E-state index in [1.54, 1.807) is 6.92 Å². The molecule has 1 spiro atoms. The van der Waals surface area contributed by atoms with Gasteiger partial charge < -0.3 is 4.74 Å². The van der Waals surface area contributed by atoms with E-state index < -0.39 is 5.60 Å². The average Bonchev–Trinajstić information content (AvgIpc) is 3.10. The molecule has 26 heavy (non-hydrogen) atoms. The maximum atomic E-state index is 12.7. The van der Waals surface area contributed by atoms with Crippen LogP contribution in [0.4, 0.5) is 0 Å². The minimum Gasteiger partial charge on any atom is -0.451 e. The van der Waals surface area contributed by atoms with Crippen LogP contribution in [0.3, 0.4) is 0 Å². The van der Waals surface area contributed by atoms with E-state index in [-0.39, 0.29) is 17.2 Å². The Hall–Kier alpha value is -0.860. The fourth-order valence-corrected chi connectivity index (χ4v) is 9.29. The molecule has 5 rings (SSSR count). The van der Waals surface area contributed by atoms with Crippen LogP contribution in [0.5, 0.6) is 0 Å². The first kappa shape index (κ1) is 17.3. The third kappa shape index (κ3) is 1.72. The predicted molar refractivity (Wildman–Crippen MR) is 99.3 cm³/mol. The third-order valence-corrected chi connectivity index (χ3v) is 10.6. The highest BCUT2D eigenvalue weighted by molar-refractivity contribution is 5.89. The Morgan fingerprint density at radius 1 is 0.846 bits per heavy atom. The molecule has 0 aliphatic heterocycles. The zero-order chi connectivity index (χ0) is 18.5. The molecule has 0 heterocycles. The smallest absolute Gasteiger partial charge is 0.303 e. The van der Waals surface area contributed by atoms with Crippen LogP contribution in [0.2, 0.25) is 0 Å². The Bertz CT molecular complexity index is 685. The van der Waals surface area contributed by atoms with Crippen molar-refractivity contribution in [3.05, 3.63) is 0 Å². The number of carbonyl (C=O) groups excluding carboxylic acids is 2. The van der Waals surface area contributed by atoms with E-state index in [2.05, 4.69) is 13.8 Å². The molecule has 3 heteroatoms. The van der Waals surface area contributed by atoms with Crippen molar-refractivity contribution in [2.24, 2.45) is 39.9 Å². The summed E-state index contributed by atoms with van der Waals surface area (Å²) in [5.74, 6) is 2.87. The average molecular weight is 359 g/mol. The minimum absolute atomic E-state index is 0.0674. The maximum Gasteiger partial charge on any atom is 0.303 e. The van der Waals surface area contributed by atoms with Gasteiger partial charge in [0.05, 0.1) is 0 Å².